The predicted octanol–water partition coefficient (Wildman–Crippen LogP) is 4.70. The first-order chi connectivity index (χ1) is 16.8. The molecule has 2 heterocycles. The zero-order valence-electron chi connectivity index (χ0n) is 22.1. The zero-order valence-corrected chi connectivity index (χ0v) is 22.1. The second kappa shape index (κ2) is 11.4. The van der Waals surface area contributed by atoms with Gasteiger partial charge in [0.15, 0.2) is 0 Å². The molecular formula is C30H44N2O3. The lowest BCUT2D eigenvalue weighted by Crippen LogP contribution is -2.62. The van der Waals surface area contributed by atoms with Crippen LogP contribution in [-0.4, -0.2) is 72.5 Å². The summed E-state index contributed by atoms with van der Waals surface area (Å²) in [5.41, 5.74) is 3.07. The van der Waals surface area contributed by atoms with Crippen molar-refractivity contribution in [3.8, 4) is 5.75 Å². The fraction of sp³-hybridized carbons (Fsp3) is 0.600. The number of likely N-dealkylation sites (tertiary alicyclic amines) is 1. The van der Waals surface area contributed by atoms with Gasteiger partial charge in [0, 0.05) is 37.7 Å². The van der Waals surface area contributed by atoms with Crippen LogP contribution in [0.25, 0.3) is 0 Å². The van der Waals surface area contributed by atoms with E-state index in [4.69, 9.17) is 9.47 Å². The Kier molecular flexibility index (Phi) is 8.54. The maximum atomic E-state index is 10.8. The van der Waals surface area contributed by atoms with Gasteiger partial charge in [0.1, 0.15) is 11.4 Å². The van der Waals surface area contributed by atoms with Crippen molar-refractivity contribution in [1.29, 1.82) is 0 Å². The number of benzene rings is 2. The number of rotatable bonds is 9. The highest BCUT2D eigenvalue weighted by molar-refractivity contribution is 5.37. The van der Waals surface area contributed by atoms with Crippen LogP contribution in [0, 0.1) is 0 Å². The van der Waals surface area contributed by atoms with Crippen LogP contribution in [0.5, 0.6) is 5.75 Å². The van der Waals surface area contributed by atoms with E-state index in [1.165, 1.54) is 16.7 Å². The maximum Gasteiger partial charge on any atom is 0.123 e. The molecule has 0 amide bonds. The summed E-state index contributed by atoms with van der Waals surface area (Å²) in [6.45, 7) is 8.15. The SMILES string of the molecule is CCCc1ccc(OCCc2ccccc2)c(CN2CCC3(CC2)C[C@H](N(C)C)[C@@](C)(O)CO3)c1. The molecule has 0 saturated carbocycles. The minimum Gasteiger partial charge on any atom is -0.493 e. The highest BCUT2D eigenvalue weighted by Crippen LogP contribution is 2.40. The van der Waals surface area contributed by atoms with Crippen LogP contribution in [0.1, 0.15) is 56.2 Å². The lowest BCUT2D eigenvalue weighted by Gasteiger charge is -2.52. The first kappa shape index (κ1) is 26.2. The number of nitrogens with zero attached hydrogens (tertiary/aromatic N) is 2. The Morgan fingerprint density at radius 2 is 1.80 bits per heavy atom. The smallest absolute Gasteiger partial charge is 0.123 e. The van der Waals surface area contributed by atoms with E-state index in [1.54, 1.807) is 0 Å². The van der Waals surface area contributed by atoms with Crippen molar-refractivity contribution < 1.29 is 14.6 Å². The molecule has 0 bridgehead atoms. The van der Waals surface area contributed by atoms with Gasteiger partial charge >= 0.3 is 0 Å². The van der Waals surface area contributed by atoms with Crippen molar-refractivity contribution in [3.63, 3.8) is 0 Å². The summed E-state index contributed by atoms with van der Waals surface area (Å²) in [5.74, 6) is 1.01. The summed E-state index contributed by atoms with van der Waals surface area (Å²) < 4.78 is 12.6. The van der Waals surface area contributed by atoms with Crippen LogP contribution in [0.4, 0.5) is 0 Å². The Morgan fingerprint density at radius 3 is 2.49 bits per heavy atom. The van der Waals surface area contributed by atoms with E-state index in [1.807, 2.05) is 6.92 Å². The van der Waals surface area contributed by atoms with Crippen LogP contribution in [0.2, 0.25) is 0 Å². The van der Waals surface area contributed by atoms with Gasteiger partial charge in [-0.15, -0.1) is 0 Å². The molecular weight excluding hydrogens is 436 g/mol. The summed E-state index contributed by atoms with van der Waals surface area (Å²) in [6, 6.07) is 17.4. The van der Waals surface area contributed by atoms with Gasteiger partial charge in [0.25, 0.3) is 0 Å². The van der Waals surface area contributed by atoms with E-state index in [-0.39, 0.29) is 11.6 Å². The van der Waals surface area contributed by atoms with E-state index in [0.717, 1.165) is 63.9 Å². The lowest BCUT2D eigenvalue weighted by molar-refractivity contribution is -0.207. The van der Waals surface area contributed by atoms with Crippen LogP contribution in [0.15, 0.2) is 48.5 Å². The molecule has 1 spiro atoms. The van der Waals surface area contributed by atoms with Crippen molar-refractivity contribution >= 4 is 0 Å². The Labute approximate surface area is 212 Å². The zero-order chi connectivity index (χ0) is 24.9. The second-order valence-electron chi connectivity index (χ2n) is 11.1. The van der Waals surface area contributed by atoms with Crippen molar-refractivity contribution in [1.82, 2.24) is 9.80 Å². The standard InChI is InChI=1S/C30H44N2O3/c1-5-9-25-12-13-27(34-19-14-24-10-7-6-8-11-24)26(20-25)22-32-17-15-30(16-18-32)21-28(31(3)4)29(2,33)23-35-30/h6-8,10-13,20,28,33H,5,9,14-19,21-23H2,1-4H3/t28-,29-/m0/s1. The molecule has 2 atom stereocenters. The van der Waals surface area contributed by atoms with Gasteiger partial charge in [-0.3, -0.25) is 4.90 Å². The predicted molar refractivity (Wildman–Crippen MR) is 142 cm³/mol. The monoisotopic (exact) mass is 480 g/mol. The minimum atomic E-state index is -0.794. The number of hydrogen-bond acceptors (Lipinski definition) is 5. The van der Waals surface area contributed by atoms with Crippen LogP contribution in [-0.2, 0) is 24.1 Å². The molecule has 1 N–H and O–H groups in total. The lowest BCUT2D eigenvalue weighted by atomic mass is 9.77. The number of aryl methyl sites for hydroxylation is 1. The number of hydrogen-bond donors (Lipinski definition) is 1. The third kappa shape index (κ3) is 6.65. The molecule has 2 aromatic rings. The third-order valence-corrected chi connectivity index (χ3v) is 7.89. The van der Waals surface area contributed by atoms with Crippen LogP contribution >= 0.6 is 0 Å². The Hall–Kier alpha value is -1.92. The molecule has 2 aromatic carbocycles. The summed E-state index contributed by atoms with van der Waals surface area (Å²) >= 11 is 0. The van der Waals surface area contributed by atoms with Crippen LogP contribution < -0.4 is 4.74 Å². The largest absolute Gasteiger partial charge is 0.493 e. The summed E-state index contributed by atoms with van der Waals surface area (Å²) in [7, 11) is 4.13. The van der Waals surface area contributed by atoms with E-state index in [0.29, 0.717) is 13.2 Å². The highest BCUT2D eigenvalue weighted by Gasteiger charge is 2.49. The molecule has 4 rings (SSSR count). The second-order valence-corrected chi connectivity index (χ2v) is 11.1. The Morgan fingerprint density at radius 1 is 1.06 bits per heavy atom. The van der Waals surface area contributed by atoms with E-state index in [9.17, 15) is 5.11 Å². The van der Waals surface area contributed by atoms with E-state index >= 15 is 0 Å². The Balaban J connectivity index is 1.38. The van der Waals surface area contributed by atoms with Crippen molar-refractivity contribution in [2.45, 2.75) is 76.2 Å². The molecule has 0 unspecified atom stereocenters. The van der Waals surface area contributed by atoms with Gasteiger partial charge in [-0.1, -0.05) is 55.8 Å². The number of aliphatic hydroxyl groups is 1. The molecule has 2 fully saturated rings. The van der Waals surface area contributed by atoms with Gasteiger partial charge in [-0.2, -0.15) is 0 Å². The summed E-state index contributed by atoms with van der Waals surface area (Å²) in [6.07, 6.45) is 6.06. The number of piperidine rings is 1. The fourth-order valence-corrected chi connectivity index (χ4v) is 5.74. The summed E-state index contributed by atoms with van der Waals surface area (Å²) in [5, 5.41) is 10.8. The van der Waals surface area contributed by atoms with Gasteiger partial charge in [0.2, 0.25) is 0 Å². The third-order valence-electron chi connectivity index (χ3n) is 7.89. The van der Waals surface area contributed by atoms with Crippen molar-refractivity contribution in [3.05, 3.63) is 65.2 Å². The molecule has 0 aliphatic carbocycles. The molecule has 192 valence electrons. The molecule has 2 aliphatic rings. The average molecular weight is 481 g/mol. The molecule has 35 heavy (non-hydrogen) atoms. The quantitative estimate of drug-likeness (QED) is 0.564. The minimum absolute atomic E-state index is 0.118. The maximum absolute atomic E-state index is 10.8. The van der Waals surface area contributed by atoms with E-state index in [2.05, 4.69) is 79.3 Å². The van der Waals surface area contributed by atoms with Crippen molar-refractivity contribution in [2.75, 3.05) is 40.4 Å². The summed E-state index contributed by atoms with van der Waals surface area (Å²) in [4.78, 5) is 4.70. The Bertz CT molecular complexity index is 936. The highest BCUT2D eigenvalue weighted by atomic mass is 16.5. The molecule has 2 saturated heterocycles. The topological polar surface area (TPSA) is 45.2 Å². The van der Waals surface area contributed by atoms with Crippen LogP contribution in [0.3, 0.4) is 0 Å². The molecule has 5 nitrogen and oxygen atoms in total. The van der Waals surface area contributed by atoms with Crippen molar-refractivity contribution in [2.24, 2.45) is 0 Å². The normalized spacial score (nSPS) is 24.7. The first-order valence-electron chi connectivity index (χ1n) is 13.3. The van der Waals surface area contributed by atoms with Gasteiger partial charge in [-0.05, 0) is 63.9 Å². The van der Waals surface area contributed by atoms with Gasteiger partial charge in [-0.25, -0.2) is 0 Å². The number of likely N-dealkylation sites (N-methyl/N-ethyl adjacent to an activating group) is 1. The molecule has 5 heteroatoms. The van der Waals surface area contributed by atoms with E-state index < -0.39 is 5.60 Å². The number of ether oxygens (including phenoxy) is 2. The molecule has 0 aromatic heterocycles. The molecule has 0 radical (unpaired) electrons. The first-order valence-corrected chi connectivity index (χ1v) is 13.3. The van der Waals surface area contributed by atoms with Gasteiger partial charge in [0.05, 0.1) is 18.8 Å². The average Bonchev–Trinajstić information content (AvgIpc) is 2.84. The van der Waals surface area contributed by atoms with Gasteiger partial charge < -0.3 is 19.5 Å². The fourth-order valence-electron chi connectivity index (χ4n) is 5.74. The molecule has 2 aliphatic heterocycles.